The third-order valence-corrected chi connectivity index (χ3v) is 4.66. The van der Waals surface area contributed by atoms with Crippen LogP contribution in [0.1, 0.15) is 5.56 Å². The van der Waals surface area contributed by atoms with Crippen LogP contribution in [-0.2, 0) is 4.79 Å². The Morgan fingerprint density at radius 2 is 1.84 bits per heavy atom. The minimum absolute atomic E-state index is 0.276. The maximum absolute atomic E-state index is 13.2. The van der Waals surface area contributed by atoms with E-state index in [4.69, 9.17) is 21.4 Å². The summed E-state index contributed by atoms with van der Waals surface area (Å²) in [5, 5.41) is 14.1. The lowest BCUT2D eigenvalue weighted by molar-refractivity contribution is -0.139. The highest BCUT2D eigenvalue weighted by Gasteiger charge is 2.12. The Balaban J connectivity index is 1.86. The van der Waals surface area contributed by atoms with Crippen molar-refractivity contribution >= 4 is 34.7 Å². The van der Waals surface area contributed by atoms with Gasteiger partial charge in [-0.1, -0.05) is 54.1 Å². The molecule has 0 saturated heterocycles. The van der Waals surface area contributed by atoms with Gasteiger partial charge in [0.25, 0.3) is 5.56 Å². The predicted octanol–water partition coefficient (Wildman–Crippen LogP) is 4.06. The summed E-state index contributed by atoms with van der Waals surface area (Å²) < 4.78 is 6.51. The Labute approximate surface area is 181 Å². The second-order valence-electron chi connectivity index (χ2n) is 6.54. The zero-order valence-electron chi connectivity index (χ0n) is 16.1. The number of carboxylic acids is 1. The molecule has 0 spiro atoms. The van der Waals surface area contributed by atoms with Crippen molar-refractivity contribution in [1.82, 2.24) is 9.66 Å². The van der Waals surface area contributed by atoms with E-state index in [1.807, 2.05) is 36.4 Å². The molecule has 0 bridgehead atoms. The van der Waals surface area contributed by atoms with Crippen molar-refractivity contribution in [1.29, 1.82) is 0 Å². The molecule has 0 aliphatic heterocycles. The van der Waals surface area contributed by atoms with Gasteiger partial charge in [-0.25, -0.2) is 9.78 Å². The van der Waals surface area contributed by atoms with Gasteiger partial charge in [-0.15, -0.1) is 0 Å². The maximum Gasteiger partial charge on any atom is 0.341 e. The molecule has 154 valence electrons. The molecule has 0 fully saturated rings. The summed E-state index contributed by atoms with van der Waals surface area (Å²) in [7, 11) is 0. The highest BCUT2D eigenvalue weighted by molar-refractivity contribution is 6.30. The Morgan fingerprint density at radius 3 is 2.61 bits per heavy atom. The van der Waals surface area contributed by atoms with Gasteiger partial charge in [-0.05, 0) is 30.3 Å². The number of benzene rings is 3. The molecule has 0 aliphatic carbocycles. The molecule has 1 heterocycles. The first-order chi connectivity index (χ1) is 15.0. The number of hydrogen-bond donors (Lipinski definition) is 1. The lowest BCUT2D eigenvalue weighted by Crippen LogP contribution is -2.20. The molecule has 8 heteroatoms. The molecule has 0 unspecified atom stereocenters. The van der Waals surface area contributed by atoms with Crippen molar-refractivity contribution < 1.29 is 14.6 Å². The highest BCUT2D eigenvalue weighted by atomic mass is 35.5. The van der Waals surface area contributed by atoms with Gasteiger partial charge in [0.05, 0.1) is 17.1 Å². The van der Waals surface area contributed by atoms with Gasteiger partial charge in [-0.2, -0.15) is 9.78 Å². The van der Waals surface area contributed by atoms with Crippen LogP contribution in [0.2, 0.25) is 5.02 Å². The van der Waals surface area contributed by atoms with Crippen molar-refractivity contribution in [2.24, 2.45) is 5.10 Å². The van der Waals surface area contributed by atoms with Crippen LogP contribution in [0.25, 0.3) is 22.3 Å². The number of carboxylic acid groups (broad SMARTS) is 1. The molecule has 3 aromatic carbocycles. The number of para-hydroxylation sites is 1. The van der Waals surface area contributed by atoms with Crippen molar-refractivity contribution in [3.63, 3.8) is 0 Å². The third-order valence-electron chi connectivity index (χ3n) is 4.42. The SMILES string of the molecule is O=C(O)COc1ccc(Cl)cc1C=Nn1c(-c2ccccc2)nc2ccccc2c1=O. The summed E-state index contributed by atoms with van der Waals surface area (Å²) in [5.41, 5.74) is 1.37. The first kappa shape index (κ1) is 20.3. The number of aliphatic carboxylic acids is 1. The number of rotatable bonds is 6. The second-order valence-corrected chi connectivity index (χ2v) is 6.98. The van der Waals surface area contributed by atoms with Gasteiger partial charge in [0.1, 0.15) is 5.75 Å². The lowest BCUT2D eigenvalue weighted by Gasteiger charge is -2.10. The van der Waals surface area contributed by atoms with Crippen molar-refractivity contribution in [2.45, 2.75) is 0 Å². The Kier molecular flexibility index (Phi) is 5.77. The van der Waals surface area contributed by atoms with Gasteiger partial charge >= 0.3 is 5.97 Å². The van der Waals surface area contributed by atoms with Crippen molar-refractivity contribution in [3.05, 3.63) is 93.7 Å². The molecule has 4 aromatic rings. The van der Waals surface area contributed by atoms with E-state index in [-0.39, 0.29) is 11.3 Å². The molecular formula is C23H16ClN3O4. The van der Waals surface area contributed by atoms with Gasteiger partial charge in [0.2, 0.25) is 0 Å². The highest BCUT2D eigenvalue weighted by Crippen LogP contribution is 2.22. The van der Waals surface area contributed by atoms with Crippen LogP contribution in [0.15, 0.2) is 82.7 Å². The smallest absolute Gasteiger partial charge is 0.341 e. The standard InChI is InChI=1S/C23H16ClN3O4/c24-17-10-11-20(31-14-21(28)29)16(12-17)13-25-27-22(15-6-2-1-3-7-15)26-19-9-5-4-8-18(19)23(27)30/h1-13H,14H2,(H,28,29). The molecule has 0 radical (unpaired) electrons. The monoisotopic (exact) mass is 433 g/mol. The number of aromatic nitrogens is 2. The molecular weight excluding hydrogens is 418 g/mol. The Morgan fingerprint density at radius 1 is 1.10 bits per heavy atom. The Hall–Kier alpha value is -3.97. The largest absolute Gasteiger partial charge is 0.481 e. The number of nitrogens with zero attached hydrogens (tertiary/aromatic N) is 3. The predicted molar refractivity (Wildman–Crippen MR) is 119 cm³/mol. The number of hydrogen-bond acceptors (Lipinski definition) is 5. The van der Waals surface area contributed by atoms with Crippen LogP contribution in [0, 0.1) is 0 Å². The fourth-order valence-corrected chi connectivity index (χ4v) is 3.20. The van der Waals surface area contributed by atoms with Gasteiger partial charge in [-0.3, -0.25) is 4.79 Å². The zero-order valence-corrected chi connectivity index (χ0v) is 16.9. The summed E-state index contributed by atoms with van der Waals surface area (Å²) >= 11 is 6.08. The minimum Gasteiger partial charge on any atom is -0.481 e. The molecule has 0 aliphatic rings. The van der Waals surface area contributed by atoms with Crippen LogP contribution in [0.4, 0.5) is 0 Å². The van der Waals surface area contributed by atoms with Crippen LogP contribution >= 0.6 is 11.6 Å². The molecule has 0 atom stereocenters. The van der Waals surface area contributed by atoms with E-state index in [9.17, 15) is 9.59 Å². The number of ether oxygens (including phenoxy) is 1. The summed E-state index contributed by atoms with van der Waals surface area (Å²) in [5.74, 6) is -0.464. The minimum atomic E-state index is -1.11. The van der Waals surface area contributed by atoms with Crippen LogP contribution in [-0.4, -0.2) is 33.6 Å². The lowest BCUT2D eigenvalue weighted by atomic mass is 10.2. The van der Waals surface area contributed by atoms with E-state index in [0.717, 1.165) is 5.56 Å². The average Bonchev–Trinajstić information content (AvgIpc) is 2.78. The number of halogens is 1. The van der Waals surface area contributed by atoms with E-state index >= 15 is 0 Å². The zero-order chi connectivity index (χ0) is 21.8. The quantitative estimate of drug-likeness (QED) is 0.463. The van der Waals surface area contributed by atoms with E-state index in [1.165, 1.54) is 10.9 Å². The van der Waals surface area contributed by atoms with Crippen LogP contribution < -0.4 is 10.3 Å². The number of fused-ring (bicyclic) bond motifs is 1. The molecule has 0 amide bonds. The van der Waals surface area contributed by atoms with Gasteiger partial charge in [0, 0.05) is 16.1 Å². The molecule has 7 nitrogen and oxygen atoms in total. The molecule has 31 heavy (non-hydrogen) atoms. The summed E-state index contributed by atoms with van der Waals surface area (Å²) in [6.45, 7) is -0.519. The van der Waals surface area contributed by atoms with E-state index in [1.54, 1.807) is 36.4 Å². The van der Waals surface area contributed by atoms with Crippen LogP contribution in [0.5, 0.6) is 5.75 Å². The van der Waals surface area contributed by atoms with E-state index in [2.05, 4.69) is 10.1 Å². The van der Waals surface area contributed by atoms with E-state index in [0.29, 0.717) is 27.3 Å². The van der Waals surface area contributed by atoms with Crippen LogP contribution in [0.3, 0.4) is 0 Å². The first-order valence-electron chi connectivity index (χ1n) is 9.28. The summed E-state index contributed by atoms with van der Waals surface area (Å²) in [6, 6.07) is 21.0. The third kappa shape index (κ3) is 4.46. The topological polar surface area (TPSA) is 93.8 Å². The van der Waals surface area contributed by atoms with E-state index < -0.39 is 12.6 Å². The molecule has 1 aromatic heterocycles. The fourth-order valence-electron chi connectivity index (χ4n) is 3.02. The Bertz CT molecular complexity index is 1350. The van der Waals surface area contributed by atoms with Crippen molar-refractivity contribution in [2.75, 3.05) is 6.61 Å². The first-order valence-corrected chi connectivity index (χ1v) is 9.66. The second kappa shape index (κ2) is 8.81. The summed E-state index contributed by atoms with van der Waals surface area (Å²) in [6.07, 6.45) is 1.40. The number of carbonyl (C=O) groups is 1. The molecule has 0 saturated carbocycles. The average molecular weight is 434 g/mol. The maximum atomic E-state index is 13.2. The summed E-state index contributed by atoms with van der Waals surface area (Å²) in [4.78, 5) is 28.7. The van der Waals surface area contributed by atoms with Crippen molar-refractivity contribution in [3.8, 4) is 17.1 Å². The van der Waals surface area contributed by atoms with Gasteiger partial charge in [0.15, 0.2) is 12.4 Å². The molecule has 4 rings (SSSR count). The molecule has 1 N–H and O–H groups in total. The van der Waals surface area contributed by atoms with Gasteiger partial charge < -0.3 is 9.84 Å². The fraction of sp³-hybridized carbons (Fsp3) is 0.0435. The normalized spacial score (nSPS) is 11.1.